The zero-order valence-corrected chi connectivity index (χ0v) is 14.4. The smallest absolute Gasteiger partial charge is 0.267 e. The molecule has 0 spiro atoms. The van der Waals surface area contributed by atoms with Crippen LogP contribution in [0.2, 0.25) is 0 Å². The quantitative estimate of drug-likeness (QED) is 0.789. The van der Waals surface area contributed by atoms with Crippen LogP contribution in [0.25, 0.3) is 5.82 Å². The standard InChI is InChI=1S/C18H19N5O2/c1-12-4-6-15(7-5-12)19-17(24)11-22-18(25)9-8-16(21-22)23-14(3)10-13(2)20-23/h4-10H,11H2,1-3H3,(H,19,24). The number of benzene rings is 1. The zero-order chi connectivity index (χ0) is 18.0. The van der Waals surface area contributed by atoms with Crippen LogP contribution in [-0.4, -0.2) is 25.5 Å². The van der Waals surface area contributed by atoms with Crippen LogP contribution in [0.5, 0.6) is 0 Å². The van der Waals surface area contributed by atoms with E-state index in [0.29, 0.717) is 11.5 Å². The van der Waals surface area contributed by atoms with Gasteiger partial charge in [-0.15, -0.1) is 5.10 Å². The summed E-state index contributed by atoms with van der Waals surface area (Å²) in [7, 11) is 0. The van der Waals surface area contributed by atoms with Gasteiger partial charge >= 0.3 is 0 Å². The molecule has 1 amide bonds. The number of anilines is 1. The lowest BCUT2D eigenvalue weighted by Gasteiger charge is -2.09. The fraction of sp³-hybridized carbons (Fsp3) is 0.222. The third kappa shape index (κ3) is 3.82. The van der Waals surface area contributed by atoms with Crippen molar-refractivity contribution in [3.05, 3.63) is 69.8 Å². The van der Waals surface area contributed by atoms with Crippen molar-refractivity contribution in [2.45, 2.75) is 27.3 Å². The van der Waals surface area contributed by atoms with Gasteiger partial charge in [-0.3, -0.25) is 9.59 Å². The van der Waals surface area contributed by atoms with E-state index >= 15 is 0 Å². The van der Waals surface area contributed by atoms with Gasteiger partial charge in [-0.1, -0.05) is 17.7 Å². The summed E-state index contributed by atoms with van der Waals surface area (Å²) < 4.78 is 2.78. The Morgan fingerprint density at radius 1 is 1.04 bits per heavy atom. The second kappa shape index (κ2) is 6.72. The highest BCUT2D eigenvalue weighted by Gasteiger charge is 2.10. The molecule has 1 aromatic carbocycles. The molecule has 128 valence electrons. The maximum Gasteiger partial charge on any atom is 0.267 e. The van der Waals surface area contributed by atoms with Gasteiger partial charge in [0.25, 0.3) is 5.56 Å². The van der Waals surface area contributed by atoms with E-state index in [9.17, 15) is 9.59 Å². The summed E-state index contributed by atoms with van der Waals surface area (Å²) in [6.45, 7) is 5.59. The molecular weight excluding hydrogens is 318 g/mol. The van der Waals surface area contributed by atoms with E-state index in [-0.39, 0.29) is 18.0 Å². The van der Waals surface area contributed by atoms with E-state index in [4.69, 9.17) is 0 Å². The van der Waals surface area contributed by atoms with Crippen LogP contribution in [-0.2, 0) is 11.3 Å². The topological polar surface area (TPSA) is 81.8 Å². The highest BCUT2D eigenvalue weighted by Crippen LogP contribution is 2.09. The summed E-state index contributed by atoms with van der Waals surface area (Å²) in [4.78, 5) is 24.2. The molecule has 3 aromatic rings. The normalized spacial score (nSPS) is 10.7. The highest BCUT2D eigenvalue weighted by atomic mass is 16.2. The minimum absolute atomic E-state index is 0.167. The molecule has 25 heavy (non-hydrogen) atoms. The highest BCUT2D eigenvalue weighted by molar-refractivity contribution is 5.90. The Morgan fingerprint density at radius 2 is 1.76 bits per heavy atom. The number of rotatable bonds is 4. The zero-order valence-electron chi connectivity index (χ0n) is 14.4. The lowest BCUT2D eigenvalue weighted by Crippen LogP contribution is -2.30. The molecule has 0 unspecified atom stereocenters. The largest absolute Gasteiger partial charge is 0.324 e. The van der Waals surface area contributed by atoms with Crippen LogP contribution >= 0.6 is 0 Å². The van der Waals surface area contributed by atoms with Gasteiger partial charge in [0.1, 0.15) is 6.54 Å². The fourth-order valence-corrected chi connectivity index (χ4v) is 2.50. The molecule has 0 saturated heterocycles. The van der Waals surface area contributed by atoms with Crippen LogP contribution in [0, 0.1) is 20.8 Å². The van der Waals surface area contributed by atoms with Crippen molar-refractivity contribution < 1.29 is 4.79 Å². The Bertz CT molecular complexity index is 970. The van der Waals surface area contributed by atoms with Crippen molar-refractivity contribution in [1.29, 1.82) is 0 Å². The van der Waals surface area contributed by atoms with Gasteiger partial charge in [0, 0.05) is 17.4 Å². The Hall–Kier alpha value is -3.22. The van der Waals surface area contributed by atoms with Crippen molar-refractivity contribution >= 4 is 11.6 Å². The Morgan fingerprint density at radius 3 is 2.40 bits per heavy atom. The number of hydrogen-bond acceptors (Lipinski definition) is 4. The maximum atomic E-state index is 12.2. The van der Waals surface area contributed by atoms with Crippen molar-refractivity contribution in [1.82, 2.24) is 19.6 Å². The molecular formula is C18H19N5O2. The number of amides is 1. The number of carbonyl (C=O) groups is 1. The molecule has 2 heterocycles. The van der Waals surface area contributed by atoms with E-state index in [1.807, 2.05) is 51.1 Å². The summed E-state index contributed by atoms with van der Waals surface area (Å²) in [5.41, 5.74) is 3.20. The molecule has 0 bridgehead atoms. The van der Waals surface area contributed by atoms with E-state index in [1.54, 1.807) is 10.7 Å². The second-order valence-corrected chi connectivity index (χ2v) is 5.94. The summed E-state index contributed by atoms with van der Waals surface area (Å²) in [6, 6.07) is 12.3. The second-order valence-electron chi connectivity index (χ2n) is 5.94. The van der Waals surface area contributed by atoms with Crippen LogP contribution in [0.15, 0.2) is 47.3 Å². The molecule has 3 rings (SSSR count). The molecule has 7 nitrogen and oxygen atoms in total. The number of hydrogen-bond donors (Lipinski definition) is 1. The van der Waals surface area contributed by atoms with Gasteiger partial charge in [0.15, 0.2) is 5.82 Å². The van der Waals surface area contributed by atoms with E-state index in [2.05, 4.69) is 15.5 Å². The van der Waals surface area contributed by atoms with Gasteiger partial charge < -0.3 is 5.32 Å². The van der Waals surface area contributed by atoms with Crippen molar-refractivity contribution in [2.75, 3.05) is 5.32 Å². The van der Waals surface area contributed by atoms with Crippen molar-refractivity contribution in [3.63, 3.8) is 0 Å². The molecule has 0 saturated carbocycles. The van der Waals surface area contributed by atoms with E-state index in [1.165, 1.54) is 6.07 Å². The molecule has 0 aliphatic heterocycles. The maximum absolute atomic E-state index is 12.2. The Balaban J connectivity index is 1.81. The average molecular weight is 337 g/mol. The van der Waals surface area contributed by atoms with Gasteiger partial charge in [0.05, 0.1) is 5.69 Å². The fourth-order valence-electron chi connectivity index (χ4n) is 2.50. The first-order valence-corrected chi connectivity index (χ1v) is 7.91. The molecule has 0 fully saturated rings. The van der Waals surface area contributed by atoms with Gasteiger partial charge in [0.2, 0.25) is 5.91 Å². The molecule has 7 heteroatoms. The number of aromatic nitrogens is 4. The number of nitrogens with zero attached hydrogens (tertiary/aromatic N) is 4. The summed E-state index contributed by atoms with van der Waals surface area (Å²) in [5, 5.41) is 11.4. The number of nitrogens with one attached hydrogen (secondary N) is 1. The molecule has 0 radical (unpaired) electrons. The molecule has 0 aliphatic carbocycles. The molecule has 2 aromatic heterocycles. The number of aryl methyl sites for hydroxylation is 3. The van der Waals surface area contributed by atoms with Gasteiger partial charge in [-0.2, -0.15) is 5.10 Å². The first kappa shape index (κ1) is 16.6. The lowest BCUT2D eigenvalue weighted by molar-refractivity contribution is -0.117. The summed E-state index contributed by atoms with van der Waals surface area (Å²) in [6.07, 6.45) is 0. The van der Waals surface area contributed by atoms with E-state index in [0.717, 1.165) is 21.6 Å². The third-order valence-corrected chi connectivity index (χ3v) is 3.71. The lowest BCUT2D eigenvalue weighted by atomic mass is 10.2. The summed E-state index contributed by atoms with van der Waals surface area (Å²) >= 11 is 0. The van der Waals surface area contributed by atoms with Gasteiger partial charge in [-0.25, -0.2) is 9.36 Å². The van der Waals surface area contributed by atoms with Gasteiger partial charge in [-0.05, 0) is 45.0 Å². The molecule has 1 N–H and O–H groups in total. The monoisotopic (exact) mass is 337 g/mol. The average Bonchev–Trinajstić information content (AvgIpc) is 2.90. The van der Waals surface area contributed by atoms with Crippen molar-refractivity contribution in [3.8, 4) is 5.82 Å². The van der Waals surface area contributed by atoms with Crippen LogP contribution in [0.4, 0.5) is 5.69 Å². The van der Waals surface area contributed by atoms with Crippen LogP contribution < -0.4 is 10.9 Å². The minimum Gasteiger partial charge on any atom is -0.324 e. The first-order chi connectivity index (χ1) is 11.9. The van der Waals surface area contributed by atoms with Crippen molar-refractivity contribution in [2.24, 2.45) is 0 Å². The van der Waals surface area contributed by atoms with Crippen LogP contribution in [0.3, 0.4) is 0 Å². The first-order valence-electron chi connectivity index (χ1n) is 7.91. The summed E-state index contributed by atoms with van der Waals surface area (Å²) in [5.74, 6) is 0.178. The Kier molecular flexibility index (Phi) is 4.47. The molecule has 0 atom stereocenters. The third-order valence-electron chi connectivity index (χ3n) is 3.71. The predicted octanol–water partition coefficient (Wildman–Crippen LogP) is 1.99. The SMILES string of the molecule is Cc1ccc(NC(=O)Cn2nc(-n3nc(C)cc3C)ccc2=O)cc1. The Labute approximate surface area is 144 Å². The van der Waals surface area contributed by atoms with E-state index < -0.39 is 0 Å². The predicted molar refractivity (Wildman–Crippen MR) is 94.9 cm³/mol. The molecule has 0 aliphatic rings. The number of carbonyl (C=O) groups excluding carboxylic acids is 1. The van der Waals surface area contributed by atoms with Crippen LogP contribution in [0.1, 0.15) is 17.0 Å². The minimum atomic E-state index is -0.343.